The Balaban J connectivity index is 2.69. The van der Waals surface area contributed by atoms with Gasteiger partial charge in [0.15, 0.2) is 5.05 Å². The van der Waals surface area contributed by atoms with Crippen LogP contribution in [0.15, 0.2) is 11.8 Å². The minimum Gasteiger partial charge on any atom is -0.483 e. The summed E-state index contributed by atoms with van der Waals surface area (Å²) in [5, 5.41) is 0.563. The van der Waals surface area contributed by atoms with Crippen LogP contribution in [0.3, 0.4) is 0 Å². The third-order valence-electron chi connectivity index (χ3n) is 1.07. The van der Waals surface area contributed by atoms with Crippen molar-refractivity contribution in [1.82, 2.24) is 0 Å². The van der Waals surface area contributed by atoms with E-state index in [-0.39, 0.29) is 0 Å². The quantitative estimate of drug-likeness (QED) is 0.384. The second kappa shape index (κ2) is 2.13. The van der Waals surface area contributed by atoms with Gasteiger partial charge in [-0.2, -0.15) is 0 Å². The first-order chi connectivity index (χ1) is 3.84. The first kappa shape index (κ1) is 5.56. The van der Waals surface area contributed by atoms with Crippen LogP contribution in [-0.4, -0.2) is 11.7 Å². The second-order valence-electron chi connectivity index (χ2n) is 1.58. The molecular weight excluding hydrogens is 122 g/mol. The SMILES string of the molecule is N/C=C1/CCOC1=S. The summed E-state index contributed by atoms with van der Waals surface area (Å²) in [5.41, 5.74) is 6.15. The van der Waals surface area contributed by atoms with Crippen molar-refractivity contribution in [1.29, 1.82) is 0 Å². The normalized spacial score (nSPS) is 24.0. The summed E-state index contributed by atoms with van der Waals surface area (Å²) in [7, 11) is 0. The molecule has 8 heavy (non-hydrogen) atoms. The van der Waals surface area contributed by atoms with E-state index in [0.29, 0.717) is 11.7 Å². The lowest BCUT2D eigenvalue weighted by Crippen LogP contribution is -1.93. The van der Waals surface area contributed by atoms with Gasteiger partial charge in [0.2, 0.25) is 0 Å². The topological polar surface area (TPSA) is 35.2 Å². The molecule has 0 aromatic rings. The molecule has 0 radical (unpaired) electrons. The van der Waals surface area contributed by atoms with Crippen molar-refractivity contribution in [3.8, 4) is 0 Å². The molecule has 0 aromatic heterocycles. The summed E-state index contributed by atoms with van der Waals surface area (Å²) < 4.78 is 4.94. The third-order valence-corrected chi connectivity index (χ3v) is 1.45. The Labute approximate surface area is 53.3 Å². The molecule has 0 spiro atoms. The van der Waals surface area contributed by atoms with Crippen molar-refractivity contribution in [2.75, 3.05) is 6.61 Å². The molecule has 0 saturated carbocycles. The summed E-state index contributed by atoms with van der Waals surface area (Å²) >= 11 is 4.77. The molecule has 0 atom stereocenters. The van der Waals surface area contributed by atoms with Crippen LogP contribution < -0.4 is 5.73 Å². The van der Waals surface area contributed by atoms with Crippen molar-refractivity contribution in [3.63, 3.8) is 0 Å². The molecule has 0 aromatic carbocycles. The highest BCUT2D eigenvalue weighted by molar-refractivity contribution is 7.80. The molecule has 1 aliphatic rings. The van der Waals surface area contributed by atoms with E-state index in [2.05, 4.69) is 0 Å². The zero-order chi connectivity index (χ0) is 5.98. The highest BCUT2D eigenvalue weighted by Crippen LogP contribution is 2.12. The molecule has 0 unspecified atom stereocenters. The van der Waals surface area contributed by atoms with Gasteiger partial charge in [0, 0.05) is 18.2 Å². The zero-order valence-electron chi connectivity index (χ0n) is 4.39. The lowest BCUT2D eigenvalue weighted by Gasteiger charge is -1.89. The first-order valence-corrected chi connectivity index (χ1v) is 2.83. The standard InChI is InChI=1S/C5H7NOS/c6-3-4-1-2-7-5(4)8/h3H,1-2,6H2/b4-3-. The van der Waals surface area contributed by atoms with Crippen LogP contribution in [0.5, 0.6) is 0 Å². The van der Waals surface area contributed by atoms with Gasteiger partial charge in [-0.3, -0.25) is 0 Å². The largest absolute Gasteiger partial charge is 0.483 e. The van der Waals surface area contributed by atoms with E-state index in [0.717, 1.165) is 12.0 Å². The highest BCUT2D eigenvalue weighted by Gasteiger charge is 2.12. The molecule has 3 heteroatoms. The molecule has 2 N–H and O–H groups in total. The van der Waals surface area contributed by atoms with E-state index in [9.17, 15) is 0 Å². The van der Waals surface area contributed by atoms with Gasteiger partial charge in [0.05, 0.1) is 6.61 Å². The fraction of sp³-hybridized carbons (Fsp3) is 0.400. The second-order valence-corrected chi connectivity index (χ2v) is 1.95. The van der Waals surface area contributed by atoms with Crippen molar-refractivity contribution in [2.45, 2.75) is 6.42 Å². The van der Waals surface area contributed by atoms with Crippen molar-refractivity contribution in [3.05, 3.63) is 11.8 Å². The average Bonchev–Trinajstić information content (AvgIpc) is 2.14. The summed E-state index contributed by atoms with van der Waals surface area (Å²) in [5.74, 6) is 0. The van der Waals surface area contributed by atoms with E-state index in [1.54, 1.807) is 0 Å². The molecule has 0 bridgehead atoms. The van der Waals surface area contributed by atoms with Gasteiger partial charge in [-0.25, -0.2) is 0 Å². The number of rotatable bonds is 0. The summed E-state index contributed by atoms with van der Waals surface area (Å²) in [6, 6.07) is 0. The van der Waals surface area contributed by atoms with Crippen LogP contribution in [0, 0.1) is 0 Å². The van der Waals surface area contributed by atoms with Gasteiger partial charge in [-0.15, -0.1) is 0 Å². The lowest BCUT2D eigenvalue weighted by atomic mass is 10.3. The average molecular weight is 129 g/mol. The molecule has 1 rings (SSSR count). The summed E-state index contributed by atoms with van der Waals surface area (Å²) in [6.45, 7) is 0.696. The van der Waals surface area contributed by atoms with Gasteiger partial charge >= 0.3 is 0 Å². The Kier molecular flexibility index (Phi) is 1.48. The summed E-state index contributed by atoms with van der Waals surface area (Å²) in [6.07, 6.45) is 2.38. The number of ether oxygens (including phenoxy) is 1. The van der Waals surface area contributed by atoms with Gasteiger partial charge in [0.1, 0.15) is 0 Å². The Morgan fingerprint density at radius 3 is 2.75 bits per heavy atom. The molecule has 2 nitrogen and oxygen atoms in total. The van der Waals surface area contributed by atoms with Gasteiger partial charge in [-0.1, -0.05) is 0 Å². The van der Waals surface area contributed by atoms with E-state index < -0.39 is 0 Å². The number of hydrogen-bond donors (Lipinski definition) is 1. The Morgan fingerprint density at radius 2 is 2.50 bits per heavy atom. The van der Waals surface area contributed by atoms with E-state index in [1.807, 2.05) is 0 Å². The molecule has 44 valence electrons. The van der Waals surface area contributed by atoms with Crippen LogP contribution in [0.4, 0.5) is 0 Å². The van der Waals surface area contributed by atoms with Crippen molar-refractivity contribution < 1.29 is 4.74 Å². The maximum absolute atomic E-state index is 5.19. The van der Waals surface area contributed by atoms with Gasteiger partial charge < -0.3 is 10.5 Å². The summed E-state index contributed by atoms with van der Waals surface area (Å²) in [4.78, 5) is 0. The van der Waals surface area contributed by atoms with Crippen LogP contribution in [0.2, 0.25) is 0 Å². The van der Waals surface area contributed by atoms with E-state index >= 15 is 0 Å². The van der Waals surface area contributed by atoms with Crippen LogP contribution in [0.25, 0.3) is 0 Å². The minimum absolute atomic E-state index is 0.563. The molecule has 0 aliphatic carbocycles. The van der Waals surface area contributed by atoms with Crippen LogP contribution in [0.1, 0.15) is 6.42 Å². The highest BCUT2D eigenvalue weighted by atomic mass is 32.1. The molecular formula is C5H7NOS. The van der Waals surface area contributed by atoms with E-state index in [1.165, 1.54) is 6.20 Å². The Hall–Kier alpha value is -0.570. The Morgan fingerprint density at radius 1 is 1.75 bits per heavy atom. The smallest absolute Gasteiger partial charge is 0.188 e. The lowest BCUT2D eigenvalue weighted by molar-refractivity contribution is 0.351. The zero-order valence-corrected chi connectivity index (χ0v) is 5.20. The number of nitrogens with two attached hydrogens (primary N) is 1. The van der Waals surface area contributed by atoms with Crippen molar-refractivity contribution >= 4 is 17.3 Å². The van der Waals surface area contributed by atoms with Gasteiger partial charge in [0.25, 0.3) is 0 Å². The minimum atomic E-state index is 0.563. The van der Waals surface area contributed by atoms with Crippen LogP contribution >= 0.6 is 12.2 Å². The molecule has 1 saturated heterocycles. The van der Waals surface area contributed by atoms with Crippen LogP contribution in [-0.2, 0) is 4.74 Å². The first-order valence-electron chi connectivity index (χ1n) is 2.42. The fourth-order valence-corrected chi connectivity index (χ4v) is 0.853. The molecule has 1 fully saturated rings. The Bertz CT molecular complexity index is 141. The number of hydrogen-bond acceptors (Lipinski definition) is 3. The van der Waals surface area contributed by atoms with E-state index in [4.69, 9.17) is 22.7 Å². The maximum atomic E-state index is 5.19. The monoisotopic (exact) mass is 129 g/mol. The fourth-order valence-electron chi connectivity index (χ4n) is 0.600. The predicted octanol–water partition coefficient (Wildman–Crippen LogP) is 0.577. The molecule has 1 heterocycles. The maximum Gasteiger partial charge on any atom is 0.188 e. The van der Waals surface area contributed by atoms with Gasteiger partial charge in [-0.05, 0) is 12.2 Å². The molecule has 1 aliphatic heterocycles. The predicted molar refractivity (Wildman–Crippen MR) is 35.4 cm³/mol. The molecule has 0 amide bonds. The number of thiocarbonyl (C=S) groups is 1. The van der Waals surface area contributed by atoms with Crippen molar-refractivity contribution in [2.24, 2.45) is 5.73 Å². The third kappa shape index (κ3) is 0.816.